The van der Waals surface area contributed by atoms with Gasteiger partial charge in [-0.1, -0.05) is 24.6 Å². The first-order valence-electron chi connectivity index (χ1n) is 10.3. The zero-order valence-corrected chi connectivity index (χ0v) is 18.4. The Morgan fingerprint density at radius 2 is 1.80 bits per heavy atom. The minimum atomic E-state index is -0.504. The number of nitrogens with one attached hydrogen (secondary N) is 1. The van der Waals surface area contributed by atoms with Crippen LogP contribution in [-0.4, -0.2) is 17.3 Å². The molecule has 1 aliphatic heterocycles. The van der Waals surface area contributed by atoms with Crippen LogP contribution in [0.1, 0.15) is 69.9 Å². The van der Waals surface area contributed by atoms with Crippen molar-refractivity contribution in [2.45, 2.75) is 60.0 Å². The summed E-state index contributed by atoms with van der Waals surface area (Å²) in [7, 11) is 0. The van der Waals surface area contributed by atoms with Gasteiger partial charge in [0.05, 0.1) is 12.0 Å². The second-order valence-corrected chi connectivity index (χ2v) is 8.60. The van der Waals surface area contributed by atoms with Crippen molar-refractivity contribution >= 4 is 28.3 Å². The molecule has 30 heavy (non-hydrogen) atoms. The topological polar surface area (TPSA) is 68.5 Å². The van der Waals surface area contributed by atoms with E-state index >= 15 is 0 Å². The Labute approximate surface area is 176 Å². The number of benzene rings is 2. The van der Waals surface area contributed by atoms with Crippen molar-refractivity contribution in [1.82, 2.24) is 0 Å². The summed E-state index contributed by atoms with van der Waals surface area (Å²) in [5, 5.41) is 3.65. The largest absolute Gasteiger partial charge is 0.486 e. The van der Waals surface area contributed by atoms with E-state index in [2.05, 4.69) is 5.32 Å². The number of amides is 1. The monoisotopic (exact) mass is 405 g/mol. The Hall–Kier alpha value is -3.08. The Morgan fingerprint density at radius 1 is 1.13 bits per heavy atom. The van der Waals surface area contributed by atoms with Gasteiger partial charge >= 0.3 is 0 Å². The summed E-state index contributed by atoms with van der Waals surface area (Å²) in [5.74, 6) is 0.473. The van der Waals surface area contributed by atoms with Crippen LogP contribution in [0.3, 0.4) is 0 Å². The summed E-state index contributed by atoms with van der Waals surface area (Å²) in [6.45, 7) is 11.7. The van der Waals surface area contributed by atoms with E-state index in [0.717, 1.165) is 28.8 Å². The fraction of sp³-hybridized carbons (Fsp3) is 0.360. The van der Waals surface area contributed by atoms with Crippen molar-refractivity contribution in [2.75, 3.05) is 5.32 Å². The minimum absolute atomic E-state index is 0.0206. The Balaban J connectivity index is 1.78. The van der Waals surface area contributed by atoms with Crippen LogP contribution in [0.25, 0.3) is 11.0 Å². The second-order valence-electron chi connectivity index (χ2n) is 8.60. The van der Waals surface area contributed by atoms with Crippen LogP contribution in [0.2, 0.25) is 0 Å². The molecule has 5 nitrogen and oxygen atoms in total. The van der Waals surface area contributed by atoms with Gasteiger partial charge in [-0.25, -0.2) is 0 Å². The molecule has 1 atom stereocenters. The number of fused-ring (bicyclic) bond motifs is 3. The van der Waals surface area contributed by atoms with Crippen molar-refractivity contribution in [3.05, 3.63) is 57.8 Å². The van der Waals surface area contributed by atoms with Gasteiger partial charge in [0.1, 0.15) is 16.9 Å². The van der Waals surface area contributed by atoms with Crippen LogP contribution in [0.4, 0.5) is 5.69 Å². The van der Waals surface area contributed by atoms with Gasteiger partial charge in [-0.05, 0) is 64.3 Å². The Morgan fingerprint density at radius 3 is 2.43 bits per heavy atom. The van der Waals surface area contributed by atoms with E-state index in [9.17, 15) is 9.59 Å². The molecule has 0 saturated carbocycles. The standard InChI is InChI=1S/C25H27NO4/c1-7-25(6)12-17(27)21-19(30-25)9-8-18-20(21)16(5)23(29-18)24(28)26-22-14(3)10-13(2)11-15(22)4/h8-11H,7,12H2,1-6H3,(H,26,28)/t25-/m1/s1. The zero-order chi connectivity index (χ0) is 21.8. The lowest BCUT2D eigenvalue weighted by Gasteiger charge is -2.34. The van der Waals surface area contributed by atoms with Gasteiger partial charge in [0, 0.05) is 16.6 Å². The molecule has 5 heteroatoms. The third kappa shape index (κ3) is 3.18. The van der Waals surface area contributed by atoms with E-state index in [1.165, 1.54) is 0 Å². The van der Waals surface area contributed by atoms with Gasteiger partial charge in [0.25, 0.3) is 5.91 Å². The fourth-order valence-corrected chi connectivity index (χ4v) is 4.37. The first kappa shape index (κ1) is 20.2. The van der Waals surface area contributed by atoms with Crippen molar-refractivity contribution < 1.29 is 18.7 Å². The van der Waals surface area contributed by atoms with Gasteiger partial charge in [0.2, 0.25) is 0 Å². The highest BCUT2D eigenvalue weighted by Crippen LogP contribution is 2.41. The number of ketones is 1. The molecular formula is C25H27NO4. The maximum atomic E-state index is 13.1. The van der Waals surface area contributed by atoms with E-state index in [0.29, 0.717) is 34.3 Å². The summed E-state index contributed by atoms with van der Waals surface area (Å²) in [6.07, 6.45) is 1.05. The molecule has 2 aromatic carbocycles. The number of carbonyl (C=O) groups excluding carboxylic acids is 2. The van der Waals surface area contributed by atoms with E-state index in [1.54, 1.807) is 12.1 Å². The molecular weight excluding hydrogens is 378 g/mol. The molecule has 0 bridgehead atoms. The summed E-state index contributed by atoms with van der Waals surface area (Å²) in [5.41, 5.74) is 5.10. The van der Waals surface area contributed by atoms with Crippen molar-refractivity contribution in [1.29, 1.82) is 0 Å². The summed E-state index contributed by atoms with van der Waals surface area (Å²) >= 11 is 0. The van der Waals surface area contributed by atoms with Gasteiger partial charge in [0.15, 0.2) is 11.5 Å². The van der Waals surface area contributed by atoms with Crippen LogP contribution in [0.15, 0.2) is 28.7 Å². The molecule has 1 aromatic heterocycles. The molecule has 0 unspecified atom stereocenters. The highest BCUT2D eigenvalue weighted by molar-refractivity contribution is 6.15. The molecule has 0 aliphatic carbocycles. The molecule has 1 amide bonds. The number of anilines is 1. The van der Waals surface area contributed by atoms with Crippen LogP contribution in [-0.2, 0) is 0 Å². The quantitative estimate of drug-likeness (QED) is 0.576. The minimum Gasteiger partial charge on any atom is -0.486 e. The smallest absolute Gasteiger partial charge is 0.291 e. The summed E-state index contributed by atoms with van der Waals surface area (Å²) in [6, 6.07) is 7.60. The molecule has 1 N–H and O–H groups in total. The van der Waals surface area contributed by atoms with Crippen LogP contribution in [0, 0.1) is 27.7 Å². The molecule has 0 fully saturated rings. The highest BCUT2D eigenvalue weighted by atomic mass is 16.5. The van der Waals surface area contributed by atoms with Gasteiger partial charge < -0.3 is 14.5 Å². The number of aryl methyl sites for hydroxylation is 4. The van der Waals surface area contributed by atoms with Gasteiger partial charge in [-0.3, -0.25) is 9.59 Å². The molecule has 156 valence electrons. The first-order valence-corrected chi connectivity index (χ1v) is 10.3. The molecule has 0 radical (unpaired) electrons. The SMILES string of the molecule is CC[C@]1(C)CC(=O)c2c(ccc3oc(C(=O)Nc4c(C)cc(C)cc4C)c(C)c23)O1. The van der Waals surface area contributed by atoms with E-state index in [1.807, 2.05) is 53.7 Å². The lowest BCUT2D eigenvalue weighted by molar-refractivity contribution is 0.0503. The molecule has 0 spiro atoms. The zero-order valence-electron chi connectivity index (χ0n) is 18.4. The number of hydrogen-bond donors (Lipinski definition) is 1. The number of ether oxygens (including phenoxy) is 1. The third-order valence-electron chi connectivity index (χ3n) is 6.10. The number of Topliss-reactive ketones (excluding diaryl/α,β-unsaturated/α-hetero) is 1. The third-order valence-corrected chi connectivity index (χ3v) is 6.10. The molecule has 3 aromatic rings. The highest BCUT2D eigenvalue weighted by Gasteiger charge is 2.37. The Bertz CT molecular complexity index is 1180. The van der Waals surface area contributed by atoms with E-state index in [-0.39, 0.29) is 17.5 Å². The van der Waals surface area contributed by atoms with Crippen molar-refractivity contribution in [3.8, 4) is 5.75 Å². The maximum absolute atomic E-state index is 13.1. The predicted molar refractivity (Wildman–Crippen MR) is 118 cm³/mol. The van der Waals surface area contributed by atoms with Crippen LogP contribution < -0.4 is 10.1 Å². The molecule has 1 aliphatic rings. The lowest BCUT2D eigenvalue weighted by Crippen LogP contribution is -2.38. The van der Waals surface area contributed by atoms with E-state index < -0.39 is 5.60 Å². The number of rotatable bonds is 3. The van der Waals surface area contributed by atoms with Crippen molar-refractivity contribution in [3.63, 3.8) is 0 Å². The molecule has 0 saturated heterocycles. The molecule has 4 rings (SSSR count). The van der Waals surface area contributed by atoms with Crippen LogP contribution >= 0.6 is 0 Å². The summed E-state index contributed by atoms with van der Waals surface area (Å²) in [4.78, 5) is 26.1. The average molecular weight is 405 g/mol. The van der Waals surface area contributed by atoms with Crippen LogP contribution in [0.5, 0.6) is 5.75 Å². The number of carbonyl (C=O) groups is 2. The fourth-order valence-electron chi connectivity index (χ4n) is 4.37. The average Bonchev–Trinajstić information content (AvgIpc) is 3.01. The van der Waals surface area contributed by atoms with Gasteiger partial charge in [-0.15, -0.1) is 0 Å². The van der Waals surface area contributed by atoms with Crippen molar-refractivity contribution in [2.24, 2.45) is 0 Å². The van der Waals surface area contributed by atoms with E-state index in [4.69, 9.17) is 9.15 Å². The molecule has 2 heterocycles. The predicted octanol–water partition coefficient (Wildman–Crippen LogP) is 6.05. The Kier molecular flexibility index (Phi) is 4.72. The normalized spacial score (nSPS) is 18.3. The lowest BCUT2D eigenvalue weighted by atomic mass is 9.87. The summed E-state index contributed by atoms with van der Waals surface area (Å²) < 4.78 is 12.1. The second kappa shape index (κ2) is 7.01. The van der Waals surface area contributed by atoms with Gasteiger partial charge in [-0.2, -0.15) is 0 Å². The first-order chi connectivity index (χ1) is 14.1. The number of hydrogen-bond acceptors (Lipinski definition) is 4. The number of furan rings is 1. The maximum Gasteiger partial charge on any atom is 0.291 e.